The van der Waals surface area contributed by atoms with E-state index in [9.17, 15) is 4.79 Å². The first-order chi connectivity index (χ1) is 7.26. The fourth-order valence-electron chi connectivity index (χ4n) is 1.72. The van der Waals surface area contributed by atoms with E-state index in [1.54, 1.807) is 4.90 Å². The lowest BCUT2D eigenvalue weighted by Crippen LogP contribution is -2.38. The Morgan fingerprint density at radius 1 is 1.50 bits per heavy atom. The summed E-state index contributed by atoms with van der Waals surface area (Å²) >= 11 is 0. The number of nitrogens with zero attached hydrogens (tertiary/aromatic N) is 1. The molecule has 1 amide bonds. The molecule has 2 N–H and O–H groups in total. The van der Waals surface area contributed by atoms with Gasteiger partial charge in [0, 0.05) is 13.1 Å². The van der Waals surface area contributed by atoms with Gasteiger partial charge < -0.3 is 15.4 Å². The number of halogens is 1. The SMILES string of the molecule is CCN1C(=O)COc2ccc(CN)cc21.Cl. The smallest absolute Gasteiger partial charge is 0.265 e. The Morgan fingerprint density at radius 3 is 2.88 bits per heavy atom. The third-order valence-corrected chi connectivity index (χ3v) is 2.52. The second-order valence-electron chi connectivity index (χ2n) is 3.43. The first-order valence-corrected chi connectivity index (χ1v) is 5.02. The number of fused-ring (bicyclic) bond motifs is 1. The number of anilines is 1. The zero-order valence-corrected chi connectivity index (χ0v) is 9.92. The van der Waals surface area contributed by atoms with Gasteiger partial charge >= 0.3 is 0 Å². The van der Waals surface area contributed by atoms with Crippen LogP contribution in [0.2, 0.25) is 0 Å². The first-order valence-electron chi connectivity index (χ1n) is 5.02. The van der Waals surface area contributed by atoms with Gasteiger partial charge in [-0.1, -0.05) is 6.07 Å². The first kappa shape index (κ1) is 12.8. The fraction of sp³-hybridized carbons (Fsp3) is 0.364. The molecule has 0 atom stereocenters. The van der Waals surface area contributed by atoms with E-state index in [1.165, 1.54) is 0 Å². The third-order valence-electron chi connectivity index (χ3n) is 2.52. The standard InChI is InChI=1S/C11H14N2O2.ClH/c1-2-13-9-5-8(6-12)3-4-10(9)15-7-11(13)14;/h3-5H,2,6-7,12H2,1H3;1H. The van der Waals surface area contributed by atoms with Crippen molar-refractivity contribution in [2.24, 2.45) is 5.73 Å². The van der Waals surface area contributed by atoms with Crippen molar-refractivity contribution in [2.75, 3.05) is 18.1 Å². The summed E-state index contributed by atoms with van der Waals surface area (Å²) in [6, 6.07) is 5.70. The van der Waals surface area contributed by atoms with Gasteiger partial charge in [-0.25, -0.2) is 0 Å². The number of amides is 1. The van der Waals surface area contributed by atoms with Crippen LogP contribution in [0, 0.1) is 0 Å². The van der Waals surface area contributed by atoms with E-state index in [-0.39, 0.29) is 24.9 Å². The largest absolute Gasteiger partial charge is 0.482 e. The zero-order valence-electron chi connectivity index (χ0n) is 9.10. The number of likely N-dealkylation sites (N-methyl/N-ethyl adjacent to an activating group) is 1. The average molecular weight is 243 g/mol. The number of ether oxygens (including phenoxy) is 1. The highest BCUT2D eigenvalue weighted by atomic mass is 35.5. The van der Waals surface area contributed by atoms with E-state index >= 15 is 0 Å². The summed E-state index contributed by atoms with van der Waals surface area (Å²) in [5.74, 6) is 0.757. The lowest BCUT2D eigenvalue weighted by Gasteiger charge is -2.28. The molecule has 1 aliphatic rings. The Bertz CT molecular complexity index is 396. The van der Waals surface area contributed by atoms with Gasteiger partial charge in [-0.15, -0.1) is 12.4 Å². The van der Waals surface area contributed by atoms with Crippen molar-refractivity contribution in [1.82, 2.24) is 0 Å². The maximum Gasteiger partial charge on any atom is 0.265 e. The number of benzene rings is 1. The van der Waals surface area contributed by atoms with Gasteiger partial charge in [-0.3, -0.25) is 4.79 Å². The molecule has 0 saturated heterocycles. The van der Waals surface area contributed by atoms with Crippen LogP contribution in [0.5, 0.6) is 5.75 Å². The molecule has 4 nitrogen and oxygen atoms in total. The minimum Gasteiger partial charge on any atom is -0.482 e. The Labute approximate surface area is 101 Å². The second kappa shape index (κ2) is 5.18. The summed E-state index contributed by atoms with van der Waals surface area (Å²) in [7, 11) is 0. The number of rotatable bonds is 2. The van der Waals surface area contributed by atoms with Gasteiger partial charge in [0.25, 0.3) is 5.91 Å². The highest BCUT2D eigenvalue weighted by molar-refractivity contribution is 5.97. The van der Waals surface area contributed by atoms with E-state index in [0.717, 1.165) is 17.0 Å². The molecule has 2 rings (SSSR count). The zero-order chi connectivity index (χ0) is 10.8. The molecule has 0 aliphatic carbocycles. The molecular formula is C11H15ClN2O2. The van der Waals surface area contributed by atoms with Gasteiger partial charge in [0.1, 0.15) is 5.75 Å². The van der Waals surface area contributed by atoms with Crippen molar-refractivity contribution in [2.45, 2.75) is 13.5 Å². The summed E-state index contributed by atoms with van der Waals surface area (Å²) in [6.45, 7) is 3.20. The molecule has 5 heteroatoms. The van der Waals surface area contributed by atoms with Crippen LogP contribution in [0.1, 0.15) is 12.5 Å². The maximum atomic E-state index is 11.6. The predicted octanol–water partition coefficient (Wildman–Crippen LogP) is 1.31. The van der Waals surface area contributed by atoms with E-state index < -0.39 is 0 Å². The van der Waals surface area contributed by atoms with E-state index in [2.05, 4.69) is 0 Å². The van der Waals surface area contributed by atoms with Crippen LogP contribution in [0.3, 0.4) is 0 Å². The number of hydrogen-bond acceptors (Lipinski definition) is 3. The molecule has 0 spiro atoms. The molecular weight excluding hydrogens is 228 g/mol. The Kier molecular flexibility index (Phi) is 4.15. The predicted molar refractivity (Wildman–Crippen MR) is 65.1 cm³/mol. The van der Waals surface area contributed by atoms with Gasteiger partial charge in [0.15, 0.2) is 6.61 Å². The molecule has 0 aromatic heterocycles. The maximum absolute atomic E-state index is 11.6. The summed E-state index contributed by atoms with van der Waals surface area (Å²) < 4.78 is 5.34. The quantitative estimate of drug-likeness (QED) is 0.851. The molecule has 1 heterocycles. The molecule has 0 unspecified atom stereocenters. The Morgan fingerprint density at radius 2 is 2.25 bits per heavy atom. The van der Waals surface area contributed by atoms with Gasteiger partial charge in [-0.2, -0.15) is 0 Å². The Hall–Kier alpha value is -1.26. The highest BCUT2D eigenvalue weighted by Gasteiger charge is 2.23. The molecule has 88 valence electrons. The van der Waals surface area contributed by atoms with Crippen molar-refractivity contribution < 1.29 is 9.53 Å². The summed E-state index contributed by atoms with van der Waals surface area (Å²) in [5.41, 5.74) is 7.40. The van der Waals surface area contributed by atoms with Crippen molar-refractivity contribution in [3.05, 3.63) is 23.8 Å². The van der Waals surface area contributed by atoms with Crippen LogP contribution >= 0.6 is 12.4 Å². The van der Waals surface area contributed by atoms with Gasteiger partial charge in [-0.05, 0) is 24.6 Å². The van der Waals surface area contributed by atoms with E-state index in [0.29, 0.717) is 13.1 Å². The van der Waals surface area contributed by atoms with Crippen molar-refractivity contribution in [1.29, 1.82) is 0 Å². The number of hydrogen-bond donors (Lipinski definition) is 1. The van der Waals surface area contributed by atoms with Gasteiger partial charge in [0.2, 0.25) is 0 Å². The average Bonchev–Trinajstić information content (AvgIpc) is 2.28. The Balaban J connectivity index is 0.00000128. The van der Waals surface area contributed by atoms with Crippen LogP contribution in [0.15, 0.2) is 18.2 Å². The number of carbonyl (C=O) groups is 1. The lowest BCUT2D eigenvalue weighted by molar-refractivity contribution is -0.121. The van der Waals surface area contributed by atoms with E-state index in [4.69, 9.17) is 10.5 Å². The normalized spacial score (nSPS) is 13.9. The molecule has 0 radical (unpaired) electrons. The van der Waals surface area contributed by atoms with Crippen LogP contribution in [0.25, 0.3) is 0 Å². The monoisotopic (exact) mass is 242 g/mol. The van der Waals surface area contributed by atoms with Crippen LogP contribution in [-0.4, -0.2) is 19.1 Å². The molecule has 1 aromatic rings. The summed E-state index contributed by atoms with van der Waals surface area (Å²) in [4.78, 5) is 13.3. The second-order valence-corrected chi connectivity index (χ2v) is 3.43. The van der Waals surface area contributed by atoms with Crippen LogP contribution in [-0.2, 0) is 11.3 Å². The van der Waals surface area contributed by atoms with Crippen molar-refractivity contribution >= 4 is 24.0 Å². The lowest BCUT2D eigenvalue weighted by atomic mass is 10.1. The molecule has 0 fully saturated rings. The summed E-state index contributed by atoms with van der Waals surface area (Å²) in [5, 5.41) is 0. The van der Waals surface area contributed by atoms with Crippen molar-refractivity contribution in [3.8, 4) is 5.75 Å². The molecule has 0 saturated carbocycles. The van der Waals surface area contributed by atoms with Gasteiger partial charge in [0.05, 0.1) is 5.69 Å². The highest BCUT2D eigenvalue weighted by Crippen LogP contribution is 2.32. The number of carbonyl (C=O) groups excluding carboxylic acids is 1. The molecule has 1 aliphatic heterocycles. The number of nitrogens with two attached hydrogens (primary N) is 1. The van der Waals surface area contributed by atoms with Crippen LogP contribution < -0.4 is 15.4 Å². The molecule has 1 aromatic carbocycles. The fourth-order valence-corrected chi connectivity index (χ4v) is 1.72. The minimum atomic E-state index is -0.000767. The van der Waals surface area contributed by atoms with Crippen molar-refractivity contribution in [3.63, 3.8) is 0 Å². The minimum absolute atomic E-state index is 0. The topological polar surface area (TPSA) is 55.6 Å². The third kappa shape index (κ3) is 2.13. The van der Waals surface area contributed by atoms with E-state index in [1.807, 2.05) is 25.1 Å². The summed E-state index contributed by atoms with van der Waals surface area (Å²) in [6.07, 6.45) is 0. The van der Waals surface area contributed by atoms with Crippen LogP contribution in [0.4, 0.5) is 5.69 Å². The molecule has 16 heavy (non-hydrogen) atoms. The molecule has 0 bridgehead atoms.